The average molecular weight is 298 g/mol. The number of nitrogens with one attached hydrogen (secondary N) is 1. The van der Waals surface area contributed by atoms with Gasteiger partial charge < -0.3 is 0 Å². The van der Waals surface area contributed by atoms with Gasteiger partial charge in [-0.25, -0.2) is 13.1 Å². The molecule has 0 aromatic carbocycles. The minimum absolute atomic E-state index is 0.0322. The second-order valence-corrected chi connectivity index (χ2v) is 8.56. The molecule has 0 fully saturated rings. The molecule has 0 rings (SSSR count). The molecule has 0 aliphatic carbocycles. The first-order valence-corrected chi connectivity index (χ1v) is 8.81. The molecule has 110 valence electrons. The lowest BCUT2D eigenvalue weighted by molar-refractivity contribution is 0.395. The summed E-state index contributed by atoms with van der Waals surface area (Å²) in [6, 6.07) is 0. The number of sulfonamides is 1. The van der Waals surface area contributed by atoms with E-state index in [1.54, 1.807) is 0 Å². The molecule has 1 atom stereocenters. The van der Waals surface area contributed by atoms with Crippen molar-refractivity contribution < 1.29 is 8.42 Å². The molecular weight excluding hydrogens is 270 g/mol. The van der Waals surface area contributed by atoms with Crippen molar-refractivity contribution in [2.75, 3.05) is 12.3 Å². The van der Waals surface area contributed by atoms with Crippen molar-refractivity contribution in [3.05, 3.63) is 0 Å². The summed E-state index contributed by atoms with van der Waals surface area (Å²) >= 11 is 6.22. The van der Waals surface area contributed by atoms with Crippen molar-refractivity contribution in [2.45, 2.75) is 59.3 Å². The van der Waals surface area contributed by atoms with E-state index in [1.165, 1.54) is 0 Å². The largest absolute Gasteiger partial charge is 0.214 e. The highest BCUT2D eigenvalue weighted by Crippen LogP contribution is 2.20. The molecule has 0 aromatic heterocycles. The van der Waals surface area contributed by atoms with Crippen molar-refractivity contribution in [1.29, 1.82) is 0 Å². The van der Waals surface area contributed by atoms with Gasteiger partial charge in [-0.15, -0.1) is 11.6 Å². The molecule has 5 heteroatoms. The number of rotatable bonds is 8. The maximum Gasteiger partial charge on any atom is 0.211 e. The fraction of sp³-hybridized carbons (Fsp3) is 1.00. The highest BCUT2D eigenvalue weighted by atomic mass is 35.5. The van der Waals surface area contributed by atoms with Crippen molar-refractivity contribution in [3.63, 3.8) is 0 Å². The molecule has 0 bridgehead atoms. The Kier molecular flexibility index (Phi) is 7.79. The molecular formula is C13H28ClNO2S. The zero-order valence-electron chi connectivity index (χ0n) is 12.3. The van der Waals surface area contributed by atoms with Crippen LogP contribution in [0.1, 0.15) is 53.9 Å². The molecule has 0 aliphatic rings. The molecule has 0 saturated carbocycles. The van der Waals surface area contributed by atoms with E-state index in [2.05, 4.69) is 18.6 Å². The number of hydrogen-bond acceptors (Lipinski definition) is 2. The Morgan fingerprint density at radius 1 is 1.17 bits per heavy atom. The second-order valence-electron chi connectivity index (χ2n) is 6.07. The van der Waals surface area contributed by atoms with Crippen molar-refractivity contribution >= 4 is 21.6 Å². The van der Waals surface area contributed by atoms with Gasteiger partial charge in [-0.2, -0.15) is 0 Å². The van der Waals surface area contributed by atoms with Gasteiger partial charge in [0.25, 0.3) is 0 Å². The van der Waals surface area contributed by atoms with Gasteiger partial charge in [-0.05, 0) is 17.8 Å². The van der Waals surface area contributed by atoms with Crippen molar-refractivity contribution in [3.8, 4) is 0 Å². The summed E-state index contributed by atoms with van der Waals surface area (Å²) in [6.45, 7) is 10.6. The molecule has 18 heavy (non-hydrogen) atoms. The molecule has 3 nitrogen and oxygen atoms in total. The Morgan fingerprint density at radius 2 is 1.67 bits per heavy atom. The number of alkyl halides is 1. The maximum absolute atomic E-state index is 11.8. The minimum atomic E-state index is -3.19. The van der Waals surface area contributed by atoms with E-state index in [-0.39, 0.29) is 16.5 Å². The monoisotopic (exact) mass is 297 g/mol. The first kappa shape index (κ1) is 18.2. The minimum Gasteiger partial charge on any atom is -0.214 e. The standard InChI is InChI=1S/C13H28ClNO2S/c1-6-11(7-2)12(14)10-15-18(16,17)9-8-13(3,4)5/h11-12,15H,6-10H2,1-5H3. The van der Waals surface area contributed by atoms with E-state index in [9.17, 15) is 8.42 Å². The van der Waals surface area contributed by atoms with Crippen LogP contribution in [-0.4, -0.2) is 26.1 Å². The third-order valence-electron chi connectivity index (χ3n) is 3.18. The summed E-state index contributed by atoms with van der Waals surface area (Å²) in [6.07, 6.45) is 2.61. The number of hydrogen-bond donors (Lipinski definition) is 1. The molecule has 0 aromatic rings. The Hall–Kier alpha value is 0.200. The van der Waals surface area contributed by atoms with Gasteiger partial charge in [0.05, 0.1) is 5.75 Å². The van der Waals surface area contributed by atoms with Crippen LogP contribution in [-0.2, 0) is 10.0 Å². The predicted molar refractivity (Wildman–Crippen MR) is 79.6 cm³/mol. The summed E-state index contributed by atoms with van der Waals surface area (Å²) in [4.78, 5) is 0. The van der Waals surface area contributed by atoms with Gasteiger partial charge in [0, 0.05) is 11.9 Å². The van der Waals surface area contributed by atoms with E-state index < -0.39 is 10.0 Å². The Morgan fingerprint density at radius 3 is 2.06 bits per heavy atom. The molecule has 0 heterocycles. The van der Waals surface area contributed by atoms with Crippen LogP contribution in [0.15, 0.2) is 0 Å². The quantitative estimate of drug-likeness (QED) is 0.698. The molecule has 0 amide bonds. The van der Waals surface area contributed by atoms with E-state index in [1.807, 2.05) is 20.8 Å². The summed E-state index contributed by atoms with van der Waals surface area (Å²) < 4.78 is 26.2. The Balaban J connectivity index is 4.19. The van der Waals surface area contributed by atoms with Crippen LogP contribution in [0.3, 0.4) is 0 Å². The predicted octanol–water partition coefficient (Wildman–Crippen LogP) is 3.39. The van der Waals surface area contributed by atoms with Crippen LogP contribution in [0.25, 0.3) is 0 Å². The van der Waals surface area contributed by atoms with Crippen LogP contribution in [0.5, 0.6) is 0 Å². The molecule has 0 spiro atoms. The van der Waals surface area contributed by atoms with E-state index in [4.69, 9.17) is 11.6 Å². The lowest BCUT2D eigenvalue weighted by Gasteiger charge is -2.21. The molecule has 1 unspecified atom stereocenters. The first-order valence-electron chi connectivity index (χ1n) is 6.72. The van der Waals surface area contributed by atoms with Crippen LogP contribution < -0.4 is 4.72 Å². The fourth-order valence-corrected chi connectivity index (χ4v) is 3.67. The van der Waals surface area contributed by atoms with Crippen LogP contribution in [0, 0.1) is 11.3 Å². The fourth-order valence-electron chi connectivity index (χ4n) is 1.69. The molecule has 0 aliphatic heterocycles. The van der Waals surface area contributed by atoms with Gasteiger partial charge in [-0.3, -0.25) is 0 Å². The second kappa shape index (κ2) is 7.71. The highest BCUT2D eigenvalue weighted by Gasteiger charge is 2.20. The van der Waals surface area contributed by atoms with Gasteiger partial charge in [0.2, 0.25) is 10.0 Å². The summed E-state index contributed by atoms with van der Waals surface area (Å²) in [7, 11) is -3.19. The highest BCUT2D eigenvalue weighted by molar-refractivity contribution is 7.89. The van der Waals surface area contributed by atoms with Crippen molar-refractivity contribution in [2.24, 2.45) is 11.3 Å². The Bertz CT molecular complexity index is 318. The van der Waals surface area contributed by atoms with Gasteiger partial charge in [0.1, 0.15) is 0 Å². The number of halogens is 1. The zero-order chi connectivity index (χ0) is 14.4. The van der Waals surface area contributed by atoms with Crippen LogP contribution >= 0.6 is 11.6 Å². The lowest BCUT2D eigenvalue weighted by Crippen LogP contribution is -2.35. The van der Waals surface area contributed by atoms with Crippen LogP contribution in [0.2, 0.25) is 0 Å². The van der Waals surface area contributed by atoms with E-state index in [0.29, 0.717) is 18.9 Å². The maximum atomic E-state index is 11.8. The zero-order valence-corrected chi connectivity index (χ0v) is 13.9. The summed E-state index contributed by atoms with van der Waals surface area (Å²) in [5.41, 5.74) is 0.0322. The summed E-state index contributed by atoms with van der Waals surface area (Å²) in [5.74, 6) is 0.542. The summed E-state index contributed by atoms with van der Waals surface area (Å²) in [5, 5.41) is -0.121. The van der Waals surface area contributed by atoms with Crippen molar-refractivity contribution in [1.82, 2.24) is 4.72 Å². The normalized spacial score (nSPS) is 15.1. The van der Waals surface area contributed by atoms with E-state index in [0.717, 1.165) is 12.8 Å². The van der Waals surface area contributed by atoms with Gasteiger partial charge in [-0.1, -0.05) is 47.5 Å². The van der Waals surface area contributed by atoms with Gasteiger partial charge in [0.15, 0.2) is 0 Å². The third-order valence-corrected chi connectivity index (χ3v) is 5.04. The van der Waals surface area contributed by atoms with E-state index >= 15 is 0 Å². The molecule has 0 saturated heterocycles. The Labute approximate surface area is 118 Å². The SMILES string of the molecule is CCC(CC)C(Cl)CNS(=O)(=O)CCC(C)(C)C. The van der Waals surface area contributed by atoms with Gasteiger partial charge >= 0.3 is 0 Å². The average Bonchev–Trinajstić information content (AvgIpc) is 2.25. The third kappa shape index (κ3) is 8.33. The first-order chi connectivity index (χ1) is 8.11. The molecule has 1 N–H and O–H groups in total. The van der Waals surface area contributed by atoms with Crippen LogP contribution in [0.4, 0.5) is 0 Å². The lowest BCUT2D eigenvalue weighted by atomic mass is 9.94. The molecule has 0 radical (unpaired) electrons. The topological polar surface area (TPSA) is 46.2 Å². The smallest absolute Gasteiger partial charge is 0.211 e.